The van der Waals surface area contributed by atoms with E-state index in [4.69, 9.17) is 5.73 Å². The summed E-state index contributed by atoms with van der Waals surface area (Å²) >= 11 is 0. The zero-order valence-corrected chi connectivity index (χ0v) is 12.4. The number of rotatable bonds is 3. The number of aromatic nitrogens is 2. The molecule has 3 heteroatoms. The summed E-state index contributed by atoms with van der Waals surface area (Å²) in [5.41, 5.74) is 12.6. The summed E-state index contributed by atoms with van der Waals surface area (Å²) in [6.07, 6.45) is 3.97. The SMILES string of the molecule is Cc1ccc(Cn2cc(-c3ccc(N)cc3)cn2)cc1C. The van der Waals surface area contributed by atoms with Crippen LogP contribution in [0.5, 0.6) is 0 Å². The summed E-state index contributed by atoms with van der Waals surface area (Å²) in [5, 5.41) is 4.45. The van der Waals surface area contributed by atoms with Gasteiger partial charge in [-0.15, -0.1) is 0 Å². The lowest BCUT2D eigenvalue weighted by molar-refractivity contribution is 0.686. The zero-order valence-electron chi connectivity index (χ0n) is 12.4. The lowest BCUT2D eigenvalue weighted by Crippen LogP contribution is -2.00. The van der Waals surface area contributed by atoms with Crippen molar-refractivity contribution in [1.82, 2.24) is 9.78 Å². The number of nitrogen functional groups attached to an aromatic ring is 1. The Morgan fingerprint density at radius 2 is 1.71 bits per heavy atom. The van der Waals surface area contributed by atoms with Crippen molar-refractivity contribution in [2.75, 3.05) is 5.73 Å². The number of benzene rings is 2. The monoisotopic (exact) mass is 277 g/mol. The zero-order chi connectivity index (χ0) is 14.8. The van der Waals surface area contributed by atoms with Crippen molar-refractivity contribution < 1.29 is 0 Å². The number of anilines is 1. The number of hydrogen-bond acceptors (Lipinski definition) is 2. The molecule has 0 spiro atoms. The minimum absolute atomic E-state index is 0.779. The predicted molar refractivity (Wildman–Crippen MR) is 87.1 cm³/mol. The van der Waals surface area contributed by atoms with Gasteiger partial charge in [0.05, 0.1) is 12.7 Å². The first-order chi connectivity index (χ1) is 10.1. The topological polar surface area (TPSA) is 43.8 Å². The molecule has 0 amide bonds. The molecule has 0 radical (unpaired) electrons. The van der Waals surface area contributed by atoms with Crippen molar-refractivity contribution in [3.05, 3.63) is 71.5 Å². The normalized spacial score (nSPS) is 10.8. The molecule has 2 aromatic carbocycles. The van der Waals surface area contributed by atoms with Gasteiger partial charge >= 0.3 is 0 Å². The predicted octanol–water partition coefficient (Wildman–Crippen LogP) is 3.80. The van der Waals surface area contributed by atoms with Crippen LogP contribution in [0.3, 0.4) is 0 Å². The summed E-state index contributed by atoms with van der Waals surface area (Å²) in [4.78, 5) is 0. The summed E-state index contributed by atoms with van der Waals surface area (Å²) in [6, 6.07) is 14.4. The Morgan fingerprint density at radius 3 is 2.43 bits per heavy atom. The quantitative estimate of drug-likeness (QED) is 0.740. The average Bonchev–Trinajstić information content (AvgIpc) is 2.92. The number of hydrogen-bond donors (Lipinski definition) is 1. The van der Waals surface area contributed by atoms with Crippen molar-refractivity contribution in [2.45, 2.75) is 20.4 Å². The van der Waals surface area contributed by atoms with Gasteiger partial charge in [0, 0.05) is 17.4 Å². The third-order valence-corrected chi connectivity index (χ3v) is 3.79. The number of nitrogens with zero attached hydrogens (tertiary/aromatic N) is 2. The molecule has 0 aliphatic heterocycles. The van der Waals surface area contributed by atoms with E-state index in [0.717, 1.165) is 23.4 Å². The minimum atomic E-state index is 0.779. The van der Waals surface area contributed by atoms with Gasteiger partial charge < -0.3 is 5.73 Å². The Labute approximate surface area is 125 Å². The molecule has 0 saturated heterocycles. The Bertz CT molecular complexity index is 754. The van der Waals surface area contributed by atoms with Gasteiger partial charge in [0.2, 0.25) is 0 Å². The first kappa shape index (κ1) is 13.4. The van der Waals surface area contributed by atoms with Crippen LogP contribution in [-0.2, 0) is 6.54 Å². The first-order valence-electron chi connectivity index (χ1n) is 7.06. The molecule has 106 valence electrons. The molecule has 0 bridgehead atoms. The van der Waals surface area contributed by atoms with Crippen LogP contribution in [0.4, 0.5) is 5.69 Å². The molecule has 3 rings (SSSR count). The van der Waals surface area contributed by atoms with E-state index in [2.05, 4.69) is 43.3 Å². The molecular weight excluding hydrogens is 258 g/mol. The maximum Gasteiger partial charge on any atom is 0.0659 e. The van der Waals surface area contributed by atoms with Gasteiger partial charge in [-0.3, -0.25) is 4.68 Å². The van der Waals surface area contributed by atoms with Crippen LogP contribution < -0.4 is 5.73 Å². The van der Waals surface area contributed by atoms with Crippen LogP contribution in [0.25, 0.3) is 11.1 Å². The minimum Gasteiger partial charge on any atom is -0.399 e. The highest BCUT2D eigenvalue weighted by molar-refractivity contribution is 5.64. The van der Waals surface area contributed by atoms with E-state index in [1.165, 1.54) is 16.7 Å². The Balaban J connectivity index is 1.81. The van der Waals surface area contributed by atoms with Crippen LogP contribution in [0.15, 0.2) is 54.9 Å². The second kappa shape index (κ2) is 5.44. The second-order valence-electron chi connectivity index (χ2n) is 5.47. The summed E-state index contributed by atoms with van der Waals surface area (Å²) in [7, 11) is 0. The largest absolute Gasteiger partial charge is 0.399 e. The van der Waals surface area contributed by atoms with Gasteiger partial charge in [-0.05, 0) is 48.2 Å². The van der Waals surface area contributed by atoms with Gasteiger partial charge in [0.1, 0.15) is 0 Å². The second-order valence-corrected chi connectivity index (χ2v) is 5.47. The van der Waals surface area contributed by atoms with Crippen molar-refractivity contribution in [3.63, 3.8) is 0 Å². The summed E-state index contributed by atoms with van der Waals surface area (Å²) < 4.78 is 1.97. The van der Waals surface area contributed by atoms with E-state index < -0.39 is 0 Å². The first-order valence-corrected chi connectivity index (χ1v) is 7.06. The highest BCUT2D eigenvalue weighted by Gasteiger charge is 2.03. The third-order valence-electron chi connectivity index (χ3n) is 3.79. The Kier molecular flexibility index (Phi) is 3.48. The van der Waals surface area contributed by atoms with E-state index in [9.17, 15) is 0 Å². The molecule has 0 aliphatic rings. The highest BCUT2D eigenvalue weighted by Crippen LogP contribution is 2.20. The fraction of sp³-hybridized carbons (Fsp3) is 0.167. The lowest BCUT2D eigenvalue weighted by atomic mass is 10.1. The number of nitrogens with two attached hydrogens (primary N) is 1. The standard InChI is InChI=1S/C18H19N3/c1-13-3-4-15(9-14(13)2)11-21-12-17(10-20-21)16-5-7-18(19)8-6-16/h3-10,12H,11,19H2,1-2H3. The fourth-order valence-corrected chi connectivity index (χ4v) is 2.36. The van der Waals surface area contributed by atoms with Gasteiger partial charge in [-0.25, -0.2) is 0 Å². The molecule has 3 nitrogen and oxygen atoms in total. The molecule has 0 saturated carbocycles. The smallest absolute Gasteiger partial charge is 0.0659 e. The van der Waals surface area contributed by atoms with Crippen molar-refractivity contribution >= 4 is 5.69 Å². The van der Waals surface area contributed by atoms with Crippen molar-refractivity contribution in [2.24, 2.45) is 0 Å². The van der Waals surface area contributed by atoms with E-state index in [-0.39, 0.29) is 0 Å². The molecule has 1 heterocycles. The summed E-state index contributed by atoms with van der Waals surface area (Å²) in [5.74, 6) is 0. The molecule has 21 heavy (non-hydrogen) atoms. The van der Waals surface area contributed by atoms with Crippen molar-refractivity contribution in [1.29, 1.82) is 0 Å². The number of aryl methyl sites for hydroxylation is 2. The molecular formula is C18H19N3. The van der Waals surface area contributed by atoms with Gasteiger partial charge in [-0.2, -0.15) is 5.10 Å². The molecule has 0 aliphatic carbocycles. The molecule has 0 atom stereocenters. The fourth-order valence-electron chi connectivity index (χ4n) is 2.36. The van der Waals surface area contributed by atoms with Crippen LogP contribution in [0, 0.1) is 13.8 Å². The van der Waals surface area contributed by atoms with Crippen LogP contribution >= 0.6 is 0 Å². The van der Waals surface area contributed by atoms with Crippen LogP contribution in [0.1, 0.15) is 16.7 Å². The Hall–Kier alpha value is -2.55. The van der Waals surface area contributed by atoms with Crippen LogP contribution in [-0.4, -0.2) is 9.78 Å². The van der Waals surface area contributed by atoms with E-state index in [0.29, 0.717) is 0 Å². The van der Waals surface area contributed by atoms with Crippen LogP contribution in [0.2, 0.25) is 0 Å². The van der Waals surface area contributed by atoms with Gasteiger partial charge in [0.15, 0.2) is 0 Å². The third kappa shape index (κ3) is 2.97. The van der Waals surface area contributed by atoms with Gasteiger partial charge in [0.25, 0.3) is 0 Å². The molecule has 3 aromatic rings. The maximum absolute atomic E-state index is 5.72. The Morgan fingerprint density at radius 1 is 0.952 bits per heavy atom. The van der Waals surface area contributed by atoms with E-state index >= 15 is 0 Å². The van der Waals surface area contributed by atoms with Crippen molar-refractivity contribution in [3.8, 4) is 11.1 Å². The molecule has 2 N–H and O–H groups in total. The molecule has 0 unspecified atom stereocenters. The molecule has 0 fully saturated rings. The molecule has 1 aromatic heterocycles. The highest BCUT2D eigenvalue weighted by atomic mass is 15.3. The van der Waals surface area contributed by atoms with Gasteiger partial charge in [-0.1, -0.05) is 30.3 Å². The maximum atomic E-state index is 5.72. The van der Waals surface area contributed by atoms with E-state index in [1.807, 2.05) is 35.1 Å². The summed E-state index contributed by atoms with van der Waals surface area (Å²) in [6.45, 7) is 5.06. The van der Waals surface area contributed by atoms with E-state index in [1.54, 1.807) is 0 Å². The average molecular weight is 277 g/mol. The lowest BCUT2D eigenvalue weighted by Gasteiger charge is -2.05.